The first-order valence-electron chi connectivity index (χ1n) is 8.14. The molecule has 0 saturated carbocycles. The second kappa shape index (κ2) is 7.50. The molecule has 0 radical (unpaired) electrons. The van der Waals surface area contributed by atoms with Crippen LogP contribution in [0.5, 0.6) is 0 Å². The van der Waals surface area contributed by atoms with Gasteiger partial charge >= 0.3 is 0 Å². The van der Waals surface area contributed by atoms with E-state index in [1.54, 1.807) is 18.2 Å². The molecular formula is C19H14F3N3O2. The summed E-state index contributed by atoms with van der Waals surface area (Å²) in [6.45, 7) is 0.654. The summed E-state index contributed by atoms with van der Waals surface area (Å²) in [4.78, 5) is 27.7. The summed E-state index contributed by atoms with van der Waals surface area (Å²) in [5.74, 6) is -5.61. The molecule has 0 spiro atoms. The van der Waals surface area contributed by atoms with Gasteiger partial charge in [0.1, 0.15) is 0 Å². The summed E-state index contributed by atoms with van der Waals surface area (Å²) in [6, 6.07) is 9.84. The van der Waals surface area contributed by atoms with Crippen molar-refractivity contribution < 1.29 is 22.8 Å². The molecule has 0 atom stereocenters. The molecule has 1 fully saturated rings. The van der Waals surface area contributed by atoms with Gasteiger partial charge in [0.25, 0.3) is 11.8 Å². The van der Waals surface area contributed by atoms with E-state index in [-0.39, 0.29) is 32.1 Å². The van der Waals surface area contributed by atoms with Gasteiger partial charge in [0.05, 0.1) is 17.2 Å². The smallest absolute Gasteiger partial charge is 0.257 e. The van der Waals surface area contributed by atoms with Crippen molar-refractivity contribution >= 4 is 11.8 Å². The molecule has 1 aliphatic heterocycles. The highest BCUT2D eigenvalue weighted by Crippen LogP contribution is 2.18. The monoisotopic (exact) mass is 373 g/mol. The number of benzene rings is 2. The predicted molar refractivity (Wildman–Crippen MR) is 89.3 cm³/mol. The van der Waals surface area contributed by atoms with Gasteiger partial charge in [-0.25, -0.2) is 13.2 Å². The summed E-state index contributed by atoms with van der Waals surface area (Å²) in [7, 11) is 0. The molecule has 0 unspecified atom stereocenters. The fourth-order valence-corrected chi connectivity index (χ4v) is 2.88. The molecule has 3 rings (SSSR count). The molecule has 1 heterocycles. The Morgan fingerprint density at radius 3 is 2.15 bits per heavy atom. The zero-order chi connectivity index (χ0) is 19.6. The number of rotatable bonds is 2. The SMILES string of the molecule is N#Cc1cccc(C(=O)N2CCN(C(=O)c3ccc(F)c(F)c3F)CC2)c1. The topological polar surface area (TPSA) is 64.4 Å². The average molecular weight is 373 g/mol. The Bertz CT molecular complexity index is 948. The number of hydrogen-bond acceptors (Lipinski definition) is 3. The van der Waals surface area contributed by atoms with Crippen LogP contribution >= 0.6 is 0 Å². The fraction of sp³-hybridized carbons (Fsp3) is 0.211. The van der Waals surface area contributed by atoms with Gasteiger partial charge in [0.2, 0.25) is 0 Å². The Morgan fingerprint density at radius 2 is 1.52 bits per heavy atom. The molecule has 0 aliphatic carbocycles. The lowest BCUT2D eigenvalue weighted by atomic mass is 10.1. The van der Waals surface area contributed by atoms with E-state index in [2.05, 4.69) is 0 Å². The zero-order valence-corrected chi connectivity index (χ0v) is 14.1. The first kappa shape index (κ1) is 18.5. The standard InChI is InChI=1S/C19H14F3N3O2/c20-15-5-4-14(16(21)17(15)22)19(27)25-8-6-24(7-9-25)18(26)13-3-1-2-12(10-13)11-23/h1-5,10H,6-9H2. The Kier molecular flexibility index (Phi) is 5.12. The minimum Gasteiger partial charge on any atom is -0.335 e. The van der Waals surface area contributed by atoms with E-state index in [9.17, 15) is 22.8 Å². The average Bonchev–Trinajstić information content (AvgIpc) is 2.71. The van der Waals surface area contributed by atoms with Crippen molar-refractivity contribution in [2.24, 2.45) is 0 Å². The van der Waals surface area contributed by atoms with E-state index >= 15 is 0 Å². The molecule has 2 aromatic carbocycles. The van der Waals surface area contributed by atoms with Gasteiger partial charge in [-0.3, -0.25) is 9.59 Å². The van der Waals surface area contributed by atoms with Crippen molar-refractivity contribution in [2.45, 2.75) is 0 Å². The van der Waals surface area contributed by atoms with Crippen LogP contribution in [-0.4, -0.2) is 47.8 Å². The first-order chi connectivity index (χ1) is 12.9. The first-order valence-corrected chi connectivity index (χ1v) is 8.14. The van der Waals surface area contributed by atoms with Crippen LogP contribution in [0.1, 0.15) is 26.3 Å². The van der Waals surface area contributed by atoms with Crippen molar-refractivity contribution in [3.8, 4) is 6.07 Å². The van der Waals surface area contributed by atoms with Crippen LogP contribution in [0.25, 0.3) is 0 Å². The summed E-state index contributed by atoms with van der Waals surface area (Å²) < 4.78 is 40.2. The van der Waals surface area contributed by atoms with Crippen LogP contribution in [0.2, 0.25) is 0 Å². The normalized spacial score (nSPS) is 14.0. The maximum atomic E-state index is 13.8. The number of nitrogens with zero attached hydrogens (tertiary/aromatic N) is 3. The van der Waals surface area contributed by atoms with Crippen molar-refractivity contribution in [2.75, 3.05) is 26.2 Å². The summed E-state index contributed by atoms with van der Waals surface area (Å²) in [6.07, 6.45) is 0. The number of amides is 2. The molecule has 1 aliphatic rings. The molecule has 27 heavy (non-hydrogen) atoms. The third-order valence-electron chi connectivity index (χ3n) is 4.36. The molecular weight excluding hydrogens is 359 g/mol. The highest BCUT2D eigenvalue weighted by molar-refractivity contribution is 5.96. The van der Waals surface area contributed by atoms with E-state index in [1.807, 2.05) is 6.07 Å². The van der Waals surface area contributed by atoms with Gasteiger partial charge in [-0.1, -0.05) is 6.07 Å². The molecule has 8 heteroatoms. The molecule has 0 aromatic heterocycles. The molecule has 138 valence electrons. The second-order valence-corrected chi connectivity index (χ2v) is 6.00. The Balaban J connectivity index is 1.68. The lowest BCUT2D eigenvalue weighted by molar-refractivity contribution is 0.0532. The summed E-state index contributed by atoms with van der Waals surface area (Å²) >= 11 is 0. The Labute approximate surface area is 153 Å². The van der Waals surface area contributed by atoms with E-state index < -0.39 is 28.9 Å². The van der Waals surface area contributed by atoms with Crippen LogP contribution in [0.4, 0.5) is 13.2 Å². The van der Waals surface area contributed by atoms with E-state index in [0.717, 1.165) is 6.07 Å². The zero-order valence-electron chi connectivity index (χ0n) is 14.1. The van der Waals surface area contributed by atoms with Crippen LogP contribution in [0.3, 0.4) is 0 Å². The van der Waals surface area contributed by atoms with E-state index in [4.69, 9.17) is 5.26 Å². The number of carbonyl (C=O) groups excluding carboxylic acids is 2. The van der Waals surface area contributed by atoms with Crippen molar-refractivity contribution in [3.05, 3.63) is 70.5 Å². The third-order valence-corrected chi connectivity index (χ3v) is 4.36. The molecule has 1 saturated heterocycles. The van der Waals surface area contributed by atoms with Crippen LogP contribution in [0, 0.1) is 28.8 Å². The van der Waals surface area contributed by atoms with Gasteiger partial charge < -0.3 is 9.80 Å². The van der Waals surface area contributed by atoms with Gasteiger partial charge in [-0.05, 0) is 30.3 Å². The van der Waals surface area contributed by atoms with Crippen molar-refractivity contribution in [1.29, 1.82) is 5.26 Å². The number of piperazine rings is 1. The van der Waals surface area contributed by atoms with Crippen LogP contribution in [0.15, 0.2) is 36.4 Å². The highest BCUT2D eigenvalue weighted by Gasteiger charge is 2.28. The largest absolute Gasteiger partial charge is 0.335 e. The number of hydrogen-bond donors (Lipinski definition) is 0. The summed E-state index contributed by atoms with van der Waals surface area (Å²) in [5.41, 5.74) is 0.180. The molecule has 2 amide bonds. The predicted octanol–water partition coefficient (Wildman–Crippen LogP) is 2.57. The van der Waals surface area contributed by atoms with Gasteiger partial charge in [0.15, 0.2) is 17.5 Å². The van der Waals surface area contributed by atoms with Crippen LogP contribution < -0.4 is 0 Å². The lowest BCUT2D eigenvalue weighted by Crippen LogP contribution is -2.50. The van der Waals surface area contributed by atoms with Gasteiger partial charge in [-0.2, -0.15) is 5.26 Å². The lowest BCUT2D eigenvalue weighted by Gasteiger charge is -2.35. The van der Waals surface area contributed by atoms with Gasteiger partial charge in [-0.15, -0.1) is 0 Å². The van der Waals surface area contributed by atoms with E-state index in [1.165, 1.54) is 15.9 Å². The highest BCUT2D eigenvalue weighted by atomic mass is 19.2. The van der Waals surface area contributed by atoms with Gasteiger partial charge in [0, 0.05) is 31.7 Å². The third kappa shape index (κ3) is 3.62. The number of halogens is 3. The maximum Gasteiger partial charge on any atom is 0.257 e. The quantitative estimate of drug-likeness (QED) is 0.760. The minimum atomic E-state index is -1.69. The maximum absolute atomic E-state index is 13.8. The minimum absolute atomic E-state index is 0.126. The second-order valence-electron chi connectivity index (χ2n) is 6.00. The number of carbonyl (C=O) groups is 2. The summed E-state index contributed by atoms with van der Waals surface area (Å²) in [5, 5.41) is 8.92. The molecule has 0 bridgehead atoms. The van der Waals surface area contributed by atoms with Crippen molar-refractivity contribution in [1.82, 2.24) is 9.80 Å². The van der Waals surface area contributed by atoms with Crippen molar-refractivity contribution in [3.63, 3.8) is 0 Å². The fourth-order valence-electron chi connectivity index (χ4n) is 2.88. The molecule has 2 aromatic rings. The Hall–Kier alpha value is -3.34. The molecule has 0 N–H and O–H groups in total. The number of nitriles is 1. The van der Waals surface area contributed by atoms with Crippen LogP contribution in [-0.2, 0) is 0 Å². The van der Waals surface area contributed by atoms with E-state index in [0.29, 0.717) is 17.2 Å². The Morgan fingerprint density at radius 1 is 0.889 bits per heavy atom. The molecule has 5 nitrogen and oxygen atoms in total.